The van der Waals surface area contributed by atoms with Crippen molar-refractivity contribution in [3.63, 3.8) is 0 Å². The molecule has 1 spiro atoms. The van der Waals surface area contributed by atoms with Crippen LogP contribution in [-0.2, 0) is 19.1 Å². The number of imide groups is 1. The Morgan fingerprint density at radius 3 is 2.35 bits per heavy atom. The van der Waals surface area contributed by atoms with E-state index in [9.17, 15) is 19.2 Å². The summed E-state index contributed by atoms with van der Waals surface area (Å²) in [6.45, 7) is 2.79. The highest BCUT2D eigenvalue weighted by Crippen LogP contribution is 2.36. The smallest absolute Gasteiger partial charge is 0.325 e. The standard InChI is InChI=1S/C18H27N3O5/c1-12-3-7-18(8-4-12)16(24)21(17(25)19-18)11-14(22)20-9-5-13(6-10-20)15(23)26-2/h12-13H,3-11H2,1-2H3,(H,19,25). The molecular weight excluding hydrogens is 338 g/mol. The molecule has 2 saturated heterocycles. The number of carbonyl (C=O) groups excluding carboxylic acids is 4. The van der Waals surface area contributed by atoms with E-state index in [0.29, 0.717) is 44.7 Å². The van der Waals surface area contributed by atoms with Crippen molar-refractivity contribution >= 4 is 23.8 Å². The fourth-order valence-electron chi connectivity index (χ4n) is 4.18. The number of piperidine rings is 1. The van der Waals surface area contributed by atoms with E-state index >= 15 is 0 Å². The average Bonchev–Trinajstić information content (AvgIpc) is 2.88. The van der Waals surface area contributed by atoms with Gasteiger partial charge in [-0.2, -0.15) is 0 Å². The summed E-state index contributed by atoms with van der Waals surface area (Å²) in [4.78, 5) is 51.9. The molecule has 3 fully saturated rings. The number of nitrogens with one attached hydrogen (secondary N) is 1. The second-order valence-corrected chi connectivity index (χ2v) is 7.76. The molecule has 8 heteroatoms. The summed E-state index contributed by atoms with van der Waals surface area (Å²) in [5, 5.41) is 2.83. The molecule has 144 valence electrons. The van der Waals surface area contributed by atoms with E-state index in [-0.39, 0.29) is 30.2 Å². The topological polar surface area (TPSA) is 96.0 Å². The number of amides is 4. The lowest BCUT2D eigenvalue weighted by atomic mass is 9.77. The number of urea groups is 1. The first-order valence-corrected chi connectivity index (χ1v) is 9.36. The van der Waals surface area contributed by atoms with E-state index in [1.54, 1.807) is 4.90 Å². The van der Waals surface area contributed by atoms with Crippen LogP contribution in [-0.4, -0.2) is 65.9 Å². The molecule has 4 amide bonds. The number of likely N-dealkylation sites (tertiary alicyclic amines) is 1. The predicted octanol–water partition coefficient (Wildman–Crippen LogP) is 0.899. The summed E-state index contributed by atoms with van der Waals surface area (Å²) in [5.74, 6) is -0.407. The van der Waals surface area contributed by atoms with Crippen LogP contribution in [0.5, 0.6) is 0 Å². The van der Waals surface area contributed by atoms with Gasteiger partial charge in [0, 0.05) is 13.1 Å². The average molecular weight is 365 g/mol. The Balaban J connectivity index is 1.57. The number of esters is 1. The summed E-state index contributed by atoms with van der Waals surface area (Å²) in [7, 11) is 1.36. The van der Waals surface area contributed by atoms with Gasteiger partial charge in [-0.15, -0.1) is 0 Å². The third kappa shape index (κ3) is 3.41. The third-order valence-corrected chi connectivity index (χ3v) is 6.05. The van der Waals surface area contributed by atoms with Crippen molar-refractivity contribution in [1.29, 1.82) is 0 Å². The van der Waals surface area contributed by atoms with Crippen LogP contribution in [0.15, 0.2) is 0 Å². The lowest BCUT2D eigenvalue weighted by Crippen LogP contribution is -2.50. The maximum Gasteiger partial charge on any atom is 0.325 e. The van der Waals surface area contributed by atoms with Crippen molar-refractivity contribution in [1.82, 2.24) is 15.1 Å². The molecule has 0 aromatic carbocycles. The summed E-state index contributed by atoms with van der Waals surface area (Å²) >= 11 is 0. The molecule has 26 heavy (non-hydrogen) atoms. The molecule has 2 heterocycles. The lowest BCUT2D eigenvalue weighted by molar-refractivity contribution is -0.149. The molecule has 0 aromatic rings. The molecule has 0 bridgehead atoms. The van der Waals surface area contributed by atoms with Gasteiger partial charge in [-0.3, -0.25) is 19.3 Å². The van der Waals surface area contributed by atoms with Gasteiger partial charge in [0.1, 0.15) is 12.1 Å². The second kappa shape index (κ2) is 7.25. The Bertz CT molecular complexity index is 604. The molecule has 3 aliphatic rings. The highest BCUT2D eigenvalue weighted by atomic mass is 16.5. The van der Waals surface area contributed by atoms with E-state index in [1.165, 1.54) is 7.11 Å². The largest absolute Gasteiger partial charge is 0.469 e. The van der Waals surface area contributed by atoms with E-state index < -0.39 is 11.6 Å². The molecule has 8 nitrogen and oxygen atoms in total. The first kappa shape index (κ1) is 18.7. The summed E-state index contributed by atoms with van der Waals surface area (Å²) < 4.78 is 4.74. The van der Waals surface area contributed by atoms with Crippen molar-refractivity contribution in [3.05, 3.63) is 0 Å². The van der Waals surface area contributed by atoms with Gasteiger partial charge in [-0.1, -0.05) is 6.92 Å². The second-order valence-electron chi connectivity index (χ2n) is 7.76. The fourth-order valence-corrected chi connectivity index (χ4v) is 4.18. The predicted molar refractivity (Wildman–Crippen MR) is 91.9 cm³/mol. The Morgan fingerprint density at radius 1 is 1.15 bits per heavy atom. The third-order valence-electron chi connectivity index (χ3n) is 6.05. The fraction of sp³-hybridized carbons (Fsp3) is 0.778. The minimum absolute atomic E-state index is 0.187. The van der Waals surface area contributed by atoms with Crippen LogP contribution < -0.4 is 5.32 Å². The molecule has 1 saturated carbocycles. The van der Waals surface area contributed by atoms with Crippen molar-refractivity contribution in [2.24, 2.45) is 11.8 Å². The highest BCUT2D eigenvalue weighted by Gasteiger charge is 2.52. The van der Waals surface area contributed by atoms with Crippen molar-refractivity contribution in [2.75, 3.05) is 26.7 Å². The first-order valence-electron chi connectivity index (χ1n) is 9.36. The molecule has 0 aromatic heterocycles. The number of ether oxygens (including phenoxy) is 1. The molecule has 0 unspecified atom stereocenters. The van der Waals surface area contributed by atoms with Crippen molar-refractivity contribution < 1.29 is 23.9 Å². The van der Waals surface area contributed by atoms with Gasteiger partial charge in [0.15, 0.2) is 0 Å². The summed E-state index contributed by atoms with van der Waals surface area (Å²) in [6, 6.07) is -0.470. The zero-order valence-electron chi connectivity index (χ0n) is 15.5. The minimum atomic E-state index is -0.818. The van der Waals surface area contributed by atoms with E-state index in [0.717, 1.165) is 17.7 Å². The number of hydrogen-bond acceptors (Lipinski definition) is 5. The maximum atomic E-state index is 12.8. The van der Waals surface area contributed by atoms with Crippen LogP contribution in [0.3, 0.4) is 0 Å². The number of hydrogen-bond donors (Lipinski definition) is 1. The van der Waals surface area contributed by atoms with Gasteiger partial charge in [-0.25, -0.2) is 4.79 Å². The molecule has 0 radical (unpaired) electrons. The van der Waals surface area contributed by atoms with Gasteiger partial charge in [0.25, 0.3) is 5.91 Å². The van der Waals surface area contributed by atoms with Crippen LogP contribution in [0.2, 0.25) is 0 Å². The Morgan fingerprint density at radius 2 is 1.77 bits per heavy atom. The lowest BCUT2D eigenvalue weighted by Gasteiger charge is -2.34. The van der Waals surface area contributed by atoms with Gasteiger partial charge < -0.3 is 15.0 Å². The van der Waals surface area contributed by atoms with Crippen LogP contribution in [0.25, 0.3) is 0 Å². The number of methoxy groups -OCH3 is 1. The van der Waals surface area contributed by atoms with Crippen LogP contribution >= 0.6 is 0 Å². The van der Waals surface area contributed by atoms with Crippen LogP contribution in [0.4, 0.5) is 4.79 Å². The summed E-state index contributed by atoms with van der Waals surface area (Å²) in [6.07, 6.45) is 4.15. The van der Waals surface area contributed by atoms with E-state index in [2.05, 4.69) is 12.2 Å². The minimum Gasteiger partial charge on any atom is -0.469 e. The molecule has 1 N–H and O–H groups in total. The number of nitrogens with zero attached hydrogens (tertiary/aromatic N) is 2. The van der Waals surface area contributed by atoms with Gasteiger partial charge >= 0.3 is 12.0 Å². The highest BCUT2D eigenvalue weighted by molar-refractivity contribution is 6.09. The van der Waals surface area contributed by atoms with E-state index in [4.69, 9.17) is 4.74 Å². The molecule has 3 rings (SSSR count). The molecule has 1 aliphatic carbocycles. The maximum absolute atomic E-state index is 12.8. The molecule has 0 atom stereocenters. The normalized spacial score (nSPS) is 29.8. The molecule has 2 aliphatic heterocycles. The van der Waals surface area contributed by atoms with Crippen molar-refractivity contribution in [2.45, 2.75) is 51.0 Å². The summed E-state index contributed by atoms with van der Waals surface area (Å²) in [5.41, 5.74) is -0.818. The zero-order valence-corrected chi connectivity index (χ0v) is 15.5. The van der Waals surface area contributed by atoms with Gasteiger partial charge in [-0.05, 0) is 44.4 Å². The Kier molecular flexibility index (Phi) is 5.20. The first-order chi connectivity index (χ1) is 12.4. The molecular formula is C18H27N3O5. The number of carbonyl (C=O) groups is 4. The van der Waals surface area contributed by atoms with E-state index in [1.807, 2.05) is 0 Å². The van der Waals surface area contributed by atoms with Crippen LogP contribution in [0.1, 0.15) is 45.4 Å². The zero-order chi connectivity index (χ0) is 18.9. The van der Waals surface area contributed by atoms with Crippen molar-refractivity contribution in [3.8, 4) is 0 Å². The van der Waals surface area contributed by atoms with Gasteiger partial charge in [0.2, 0.25) is 5.91 Å². The van der Waals surface area contributed by atoms with Gasteiger partial charge in [0.05, 0.1) is 13.0 Å². The SMILES string of the molecule is COC(=O)C1CCN(C(=O)CN2C(=O)NC3(CCC(C)CC3)C2=O)CC1. The Labute approximate surface area is 153 Å². The Hall–Kier alpha value is -2.12. The number of rotatable bonds is 3. The quantitative estimate of drug-likeness (QED) is 0.592. The monoisotopic (exact) mass is 365 g/mol. The van der Waals surface area contributed by atoms with Crippen LogP contribution in [0, 0.1) is 11.8 Å².